The normalized spacial score (nSPS) is 12.9. The standard InChI is InChI=1S/C21H18N4O4S2/c26-17(22-14-10-11-14)12-30-21-23-18(13-6-2-1-3-7-13)20(31-21)24-19(27)15-8-4-5-9-16(15)25(28)29/h1-9,14H,10-12H2,(H,22,26)(H,24,27). The number of anilines is 1. The maximum atomic E-state index is 12.8. The molecule has 1 aromatic heterocycles. The van der Waals surface area contributed by atoms with Crippen LogP contribution in [0.25, 0.3) is 11.3 Å². The van der Waals surface area contributed by atoms with E-state index < -0.39 is 10.8 Å². The average molecular weight is 455 g/mol. The first-order chi connectivity index (χ1) is 15.0. The summed E-state index contributed by atoms with van der Waals surface area (Å²) in [6.45, 7) is 0. The lowest BCUT2D eigenvalue weighted by Gasteiger charge is -2.06. The average Bonchev–Trinajstić information content (AvgIpc) is 3.50. The molecule has 0 aliphatic heterocycles. The number of para-hydroxylation sites is 1. The highest BCUT2D eigenvalue weighted by Gasteiger charge is 2.24. The van der Waals surface area contributed by atoms with Gasteiger partial charge in [0.25, 0.3) is 11.6 Å². The molecule has 1 fully saturated rings. The van der Waals surface area contributed by atoms with Crippen molar-refractivity contribution in [1.29, 1.82) is 0 Å². The van der Waals surface area contributed by atoms with Crippen LogP contribution in [-0.2, 0) is 4.79 Å². The second kappa shape index (κ2) is 9.27. The minimum absolute atomic E-state index is 0.0297. The summed E-state index contributed by atoms with van der Waals surface area (Å²) in [6, 6.07) is 15.4. The molecule has 158 valence electrons. The van der Waals surface area contributed by atoms with E-state index in [4.69, 9.17) is 0 Å². The number of carbonyl (C=O) groups is 2. The predicted octanol–water partition coefficient (Wildman–Crippen LogP) is 4.34. The van der Waals surface area contributed by atoms with Crippen molar-refractivity contribution in [3.05, 3.63) is 70.3 Å². The van der Waals surface area contributed by atoms with Gasteiger partial charge in [0.05, 0.1) is 10.7 Å². The highest BCUT2D eigenvalue weighted by Crippen LogP contribution is 2.38. The van der Waals surface area contributed by atoms with Crippen molar-refractivity contribution >= 4 is 45.6 Å². The van der Waals surface area contributed by atoms with Crippen LogP contribution in [0.15, 0.2) is 58.9 Å². The second-order valence-electron chi connectivity index (χ2n) is 6.88. The summed E-state index contributed by atoms with van der Waals surface area (Å²) in [5.41, 5.74) is 1.06. The number of aromatic nitrogens is 1. The van der Waals surface area contributed by atoms with Gasteiger partial charge in [-0.2, -0.15) is 0 Å². The first-order valence-corrected chi connectivity index (χ1v) is 11.3. The van der Waals surface area contributed by atoms with Crippen LogP contribution in [0.2, 0.25) is 0 Å². The SMILES string of the molecule is O=C(CSc1nc(-c2ccccc2)c(NC(=O)c2ccccc2[N+](=O)[O-])s1)NC1CC1. The monoisotopic (exact) mass is 454 g/mol. The van der Waals surface area contributed by atoms with Gasteiger partial charge in [-0.3, -0.25) is 19.7 Å². The third-order valence-corrected chi connectivity index (χ3v) is 6.61. The minimum atomic E-state index is -0.587. The highest BCUT2D eigenvalue weighted by molar-refractivity contribution is 8.01. The van der Waals surface area contributed by atoms with E-state index >= 15 is 0 Å². The summed E-state index contributed by atoms with van der Waals surface area (Å²) >= 11 is 2.53. The zero-order valence-corrected chi connectivity index (χ0v) is 17.9. The van der Waals surface area contributed by atoms with Gasteiger partial charge in [-0.05, 0) is 18.9 Å². The van der Waals surface area contributed by atoms with E-state index in [0.29, 0.717) is 21.1 Å². The summed E-state index contributed by atoms with van der Waals surface area (Å²) in [6.07, 6.45) is 2.04. The fraction of sp³-hybridized carbons (Fsp3) is 0.190. The molecule has 1 aliphatic carbocycles. The molecule has 2 amide bonds. The van der Waals surface area contributed by atoms with Gasteiger partial charge < -0.3 is 10.6 Å². The molecule has 0 bridgehead atoms. The van der Waals surface area contributed by atoms with Crippen molar-refractivity contribution in [3.63, 3.8) is 0 Å². The van der Waals surface area contributed by atoms with Crippen molar-refractivity contribution < 1.29 is 14.5 Å². The van der Waals surface area contributed by atoms with Gasteiger partial charge in [-0.15, -0.1) is 0 Å². The van der Waals surface area contributed by atoms with Crippen LogP contribution in [0.1, 0.15) is 23.2 Å². The third kappa shape index (κ3) is 5.28. The van der Waals surface area contributed by atoms with Crippen molar-refractivity contribution in [1.82, 2.24) is 10.3 Å². The van der Waals surface area contributed by atoms with E-state index in [1.807, 2.05) is 30.3 Å². The van der Waals surface area contributed by atoms with Crippen LogP contribution in [0.4, 0.5) is 10.7 Å². The van der Waals surface area contributed by atoms with Gasteiger partial charge in [-0.25, -0.2) is 4.98 Å². The molecule has 1 heterocycles. The van der Waals surface area contributed by atoms with E-state index in [9.17, 15) is 19.7 Å². The fourth-order valence-corrected chi connectivity index (χ4v) is 4.73. The number of nitro groups is 1. The lowest BCUT2D eigenvalue weighted by atomic mass is 10.1. The van der Waals surface area contributed by atoms with E-state index in [1.54, 1.807) is 6.07 Å². The largest absolute Gasteiger partial charge is 0.353 e. The Labute approximate surface area is 186 Å². The third-order valence-electron chi connectivity index (χ3n) is 4.50. The molecule has 0 saturated heterocycles. The van der Waals surface area contributed by atoms with Crippen LogP contribution >= 0.6 is 23.1 Å². The Morgan fingerprint density at radius 3 is 2.55 bits per heavy atom. The smallest absolute Gasteiger partial charge is 0.282 e. The number of hydrogen-bond acceptors (Lipinski definition) is 7. The Morgan fingerprint density at radius 1 is 1.13 bits per heavy atom. The zero-order chi connectivity index (χ0) is 21.8. The second-order valence-corrected chi connectivity index (χ2v) is 9.10. The lowest BCUT2D eigenvalue weighted by molar-refractivity contribution is -0.385. The quantitative estimate of drug-likeness (QED) is 0.297. The van der Waals surface area contributed by atoms with Crippen molar-refractivity contribution in [2.45, 2.75) is 23.2 Å². The molecule has 3 aromatic rings. The Kier molecular flexibility index (Phi) is 6.28. The number of rotatable bonds is 8. The van der Waals surface area contributed by atoms with Crippen molar-refractivity contribution in [2.75, 3.05) is 11.1 Å². The molecule has 1 aliphatic rings. The Hall–Kier alpha value is -3.24. The number of nitrogens with one attached hydrogen (secondary N) is 2. The van der Waals surface area contributed by atoms with Crippen LogP contribution < -0.4 is 10.6 Å². The topological polar surface area (TPSA) is 114 Å². The number of nitro benzene ring substituents is 1. The summed E-state index contributed by atoms with van der Waals surface area (Å²) in [5, 5.41) is 17.4. The molecule has 1 saturated carbocycles. The predicted molar refractivity (Wildman–Crippen MR) is 120 cm³/mol. The zero-order valence-electron chi connectivity index (χ0n) is 16.2. The number of amides is 2. The van der Waals surface area contributed by atoms with Crippen LogP contribution in [0, 0.1) is 10.1 Å². The maximum absolute atomic E-state index is 12.8. The Morgan fingerprint density at radius 2 is 1.84 bits per heavy atom. The summed E-state index contributed by atoms with van der Waals surface area (Å²) < 4.78 is 0.627. The Balaban J connectivity index is 1.58. The lowest BCUT2D eigenvalue weighted by Crippen LogP contribution is -2.26. The van der Waals surface area contributed by atoms with E-state index in [-0.39, 0.29) is 22.9 Å². The Bertz CT molecular complexity index is 1130. The summed E-state index contributed by atoms with van der Waals surface area (Å²) in [4.78, 5) is 40.1. The number of benzene rings is 2. The molecule has 31 heavy (non-hydrogen) atoms. The maximum Gasteiger partial charge on any atom is 0.282 e. The molecule has 0 unspecified atom stereocenters. The van der Waals surface area contributed by atoms with E-state index in [2.05, 4.69) is 15.6 Å². The van der Waals surface area contributed by atoms with Gasteiger partial charge in [0.15, 0.2) is 4.34 Å². The molecule has 8 nitrogen and oxygen atoms in total. The van der Waals surface area contributed by atoms with Crippen LogP contribution in [-0.4, -0.2) is 33.5 Å². The number of nitrogens with zero attached hydrogens (tertiary/aromatic N) is 2. The molecular weight excluding hydrogens is 436 g/mol. The molecule has 0 atom stereocenters. The van der Waals surface area contributed by atoms with Crippen LogP contribution in [0.3, 0.4) is 0 Å². The first-order valence-electron chi connectivity index (χ1n) is 9.54. The number of hydrogen-bond donors (Lipinski definition) is 2. The number of carbonyl (C=O) groups excluding carboxylic acids is 2. The number of thiazole rings is 1. The first kappa shape index (κ1) is 21.0. The van der Waals surface area contributed by atoms with Crippen molar-refractivity contribution in [2.24, 2.45) is 0 Å². The molecule has 2 aromatic carbocycles. The highest BCUT2D eigenvalue weighted by atomic mass is 32.2. The summed E-state index contributed by atoms with van der Waals surface area (Å²) in [7, 11) is 0. The van der Waals surface area contributed by atoms with Gasteiger partial charge in [0.2, 0.25) is 5.91 Å². The van der Waals surface area contributed by atoms with E-state index in [0.717, 1.165) is 18.4 Å². The summed E-state index contributed by atoms with van der Waals surface area (Å²) in [5.74, 6) is -0.402. The van der Waals surface area contributed by atoms with Gasteiger partial charge in [0, 0.05) is 17.7 Å². The molecule has 4 rings (SSSR count). The van der Waals surface area contributed by atoms with Gasteiger partial charge >= 0.3 is 0 Å². The fourth-order valence-electron chi connectivity index (χ4n) is 2.86. The molecule has 10 heteroatoms. The van der Waals surface area contributed by atoms with Gasteiger partial charge in [0.1, 0.15) is 16.3 Å². The minimum Gasteiger partial charge on any atom is -0.353 e. The molecule has 2 N–H and O–H groups in total. The van der Waals surface area contributed by atoms with Crippen LogP contribution in [0.5, 0.6) is 0 Å². The van der Waals surface area contributed by atoms with Crippen molar-refractivity contribution in [3.8, 4) is 11.3 Å². The number of thioether (sulfide) groups is 1. The van der Waals surface area contributed by atoms with Gasteiger partial charge in [-0.1, -0.05) is 65.6 Å². The molecular formula is C21H18N4O4S2. The molecule has 0 spiro atoms. The molecule has 0 radical (unpaired) electrons. The van der Waals surface area contributed by atoms with E-state index in [1.165, 1.54) is 41.3 Å².